The van der Waals surface area contributed by atoms with Gasteiger partial charge >= 0.3 is 0 Å². The van der Waals surface area contributed by atoms with E-state index in [1.165, 1.54) is 56.6 Å². The van der Waals surface area contributed by atoms with Gasteiger partial charge in [0.2, 0.25) is 0 Å². The van der Waals surface area contributed by atoms with E-state index in [1.807, 2.05) is 6.20 Å². The monoisotopic (exact) mass is 279 g/mol. The molecule has 0 amide bonds. The van der Waals surface area contributed by atoms with E-state index < -0.39 is 0 Å². The van der Waals surface area contributed by atoms with E-state index in [0.717, 1.165) is 6.42 Å². The molecule has 2 aliphatic rings. The van der Waals surface area contributed by atoms with Crippen LogP contribution in [0.1, 0.15) is 43.5 Å². The number of thiazole rings is 1. The van der Waals surface area contributed by atoms with Crippen molar-refractivity contribution in [3.8, 4) is 0 Å². The zero-order valence-corrected chi connectivity index (χ0v) is 12.7. The average Bonchev–Trinajstić information content (AvgIpc) is 3.15. The Morgan fingerprint density at radius 3 is 2.63 bits per heavy atom. The predicted molar refractivity (Wildman–Crippen MR) is 80.7 cm³/mol. The van der Waals surface area contributed by atoms with Gasteiger partial charge < -0.3 is 5.32 Å². The van der Waals surface area contributed by atoms with Crippen LogP contribution in [0.25, 0.3) is 0 Å². The first-order chi connectivity index (χ1) is 9.35. The second-order valence-electron chi connectivity index (χ2n) is 5.98. The van der Waals surface area contributed by atoms with Crippen LogP contribution in [0, 0.1) is 0 Å². The zero-order chi connectivity index (χ0) is 13.1. The zero-order valence-electron chi connectivity index (χ0n) is 11.9. The van der Waals surface area contributed by atoms with E-state index >= 15 is 0 Å². The molecule has 1 saturated carbocycles. The minimum Gasteiger partial charge on any atom is -0.315 e. The van der Waals surface area contributed by atoms with Gasteiger partial charge in [0, 0.05) is 29.6 Å². The van der Waals surface area contributed by atoms with Gasteiger partial charge in [0.25, 0.3) is 0 Å². The highest BCUT2D eigenvalue weighted by Crippen LogP contribution is 2.41. The number of likely N-dealkylation sites (tertiary alicyclic amines) is 1. The second kappa shape index (κ2) is 5.90. The highest BCUT2D eigenvalue weighted by atomic mass is 32.1. The molecular formula is C15H25N3S. The molecule has 106 valence electrons. The van der Waals surface area contributed by atoms with E-state index in [2.05, 4.69) is 27.6 Å². The highest BCUT2D eigenvalue weighted by molar-refractivity contribution is 7.09. The van der Waals surface area contributed by atoms with Gasteiger partial charge in [-0.3, -0.25) is 4.90 Å². The van der Waals surface area contributed by atoms with Crippen molar-refractivity contribution in [2.24, 2.45) is 0 Å². The first kappa shape index (κ1) is 13.5. The molecule has 1 aromatic heterocycles. The van der Waals surface area contributed by atoms with E-state index in [9.17, 15) is 0 Å². The first-order valence-corrected chi connectivity index (χ1v) is 8.54. The molecule has 1 aromatic rings. The smallest absolute Gasteiger partial charge is 0.0941 e. The Hall–Kier alpha value is -0.450. The average molecular weight is 279 g/mol. The van der Waals surface area contributed by atoms with Crippen LogP contribution in [0.5, 0.6) is 0 Å². The maximum Gasteiger partial charge on any atom is 0.0941 e. The standard InChI is InChI=1S/C15H25N3S/c1-16-13(12-14-17-8-11-19-14)15(6-2-3-7-15)18-9-4-5-10-18/h8,11,13,16H,2-7,9-10,12H2,1H3. The molecule has 1 aliphatic carbocycles. The molecule has 0 aromatic carbocycles. The Bertz CT molecular complexity index is 378. The van der Waals surface area contributed by atoms with E-state index in [4.69, 9.17) is 0 Å². The summed E-state index contributed by atoms with van der Waals surface area (Å²) in [6, 6.07) is 0.555. The van der Waals surface area contributed by atoms with E-state index in [1.54, 1.807) is 11.3 Å². The summed E-state index contributed by atoms with van der Waals surface area (Å²) in [6.45, 7) is 2.60. The Morgan fingerprint density at radius 1 is 1.32 bits per heavy atom. The van der Waals surface area contributed by atoms with Crippen molar-refractivity contribution < 1.29 is 0 Å². The van der Waals surface area contributed by atoms with Gasteiger partial charge in [-0.15, -0.1) is 11.3 Å². The van der Waals surface area contributed by atoms with Crippen molar-refractivity contribution in [3.63, 3.8) is 0 Å². The van der Waals surface area contributed by atoms with Crippen LogP contribution in [0.15, 0.2) is 11.6 Å². The molecular weight excluding hydrogens is 254 g/mol. The van der Waals surface area contributed by atoms with Crippen molar-refractivity contribution in [3.05, 3.63) is 16.6 Å². The lowest BCUT2D eigenvalue weighted by Crippen LogP contribution is -2.59. The first-order valence-electron chi connectivity index (χ1n) is 7.66. The van der Waals surface area contributed by atoms with Crippen molar-refractivity contribution in [2.75, 3.05) is 20.1 Å². The predicted octanol–water partition coefficient (Wildman–Crippen LogP) is 2.68. The summed E-state index contributed by atoms with van der Waals surface area (Å²) in [4.78, 5) is 7.28. The largest absolute Gasteiger partial charge is 0.315 e. The van der Waals surface area contributed by atoms with Crippen LogP contribution >= 0.6 is 11.3 Å². The summed E-state index contributed by atoms with van der Waals surface area (Å²) in [6.07, 6.45) is 11.3. The Kier molecular flexibility index (Phi) is 4.20. The third kappa shape index (κ3) is 2.58. The minimum absolute atomic E-state index is 0.400. The molecule has 3 nitrogen and oxygen atoms in total. The lowest BCUT2D eigenvalue weighted by atomic mass is 9.84. The molecule has 2 fully saturated rings. The summed E-state index contributed by atoms with van der Waals surface area (Å²) in [7, 11) is 2.13. The second-order valence-corrected chi connectivity index (χ2v) is 6.96. The number of hydrogen-bond donors (Lipinski definition) is 1. The molecule has 3 rings (SSSR count). The van der Waals surface area contributed by atoms with Crippen LogP contribution in [0.3, 0.4) is 0 Å². The minimum atomic E-state index is 0.400. The SMILES string of the molecule is CNC(Cc1nccs1)C1(N2CCCC2)CCCC1. The number of aromatic nitrogens is 1. The van der Waals surface area contributed by atoms with Crippen molar-refractivity contribution >= 4 is 11.3 Å². The molecule has 1 atom stereocenters. The summed E-state index contributed by atoms with van der Waals surface area (Å²) < 4.78 is 0. The number of likely N-dealkylation sites (N-methyl/N-ethyl adjacent to an activating group) is 1. The molecule has 4 heteroatoms. The van der Waals surface area contributed by atoms with Crippen LogP contribution in [0.2, 0.25) is 0 Å². The highest BCUT2D eigenvalue weighted by Gasteiger charge is 2.46. The molecule has 0 bridgehead atoms. The third-order valence-corrected chi connectivity index (χ3v) is 5.87. The molecule has 1 aliphatic heterocycles. The summed E-state index contributed by atoms with van der Waals surface area (Å²) in [5.74, 6) is 0. The molecule has 19 heavy (non-hydrogen) atoms. The lowest BCUT2D eigenvalue weighted by Gasteiger charge is -2.45. The third-order valence-electron chi connectivity index (χ3n) is 5.06. The van der Waals surface area contributed by atoms with Crippen molar-refractivity contribution in [2.45, 2.75) is 56.5 Å². The maximum atomic E-state index is 4.49. The summed E-state index contributed by atoms with van der Waals surface area (Å²) in [5.41, 5.74) is 0.400. The van der Waals surface area contributed by atoms with Gasteiger partial charge in [-0.2, -0.15) is 0 Å². The number of nitrogens with zero attached hydrogens (tertiary/aromatic N) is 2. The van der Waals surface area contributed by atoms with Crippen LogP contribution in [0.4, 0.5) is 0 Å². The van der Waals surface area contributed by atoms with Gasteiger partial charge in [-0.25, -0.2) is 4.98 Å². The molecule has 1 N–H and O–H groups in total. The van der Waals surface area contributed by atoms with Gasteiger partial charge in [0.1, 0.15) is 0 Å². The van der Waals surface area contributed by atoms with Crippen LogP contribution in [-0.2, 0) is 6.42 Å². The Labute approximate surface area is 120 Å². The quantitative estimate of drug-likeness (QED) is 0.898. The topological polar surface area (TPSA) is 28.2 Å². The van der Waals surface area contributed by atoms with E-state index in [-0.39, 0.29) is 0 Å². The van der Waals surface area contributed by atoms with Gasteiger partial charge in [0.05, 0.1) is 5.01 Å². The molecule has 2 heterocycles. The van der Waals surface area contributed by atoms with Crippen molar-refractivity contribution in [1.82, 2.24) is 15.2 Å². The molecule has 1 unspecified atom stereocenters. The molecule has 0 radical (unpaired) electrons. The van der Waals surface area contributed by atoms with Gasteiger partial charge in [-0.1, -0.05) is 12.8 Å². The fraction of sp³-hybridized carbons (Fsp3) is 0.800. The summed E-state index contributed by atoms with van der Waals surface area (Å²) >= 11 is 1.80. The van der Waals surface area contributed by atoms with Gasteiger partial charge in [-0.05, 0) is 45.8 Å². The number of rotatable bonds is 5. The maximum absolute atomic E-state index is 4.49. The Morgan fingerprint density at radius 2 is 2.05 bits per heavy atom. The fourth-order valence-corrected chi connectivity index (χ4v) is 4.79. The fourth-order valence-electron chi connectivity index (χ4n) is 4.12. The van der Waals surface area contributed by atoms with Gasteiger partial charge in [0.15, 0.2) is 0 Å². The number of nitrogens with one attached hydrogen (secondary N) is 1. The lowest BCUT2D eigenvalue weighted by molar-refractivity contribution is 0.0797. The molecule has 0 spiro atoms. The van der Waals surface area contributed by atoms with Crippen molar-refractivity contribution in [1.29, 1.82) is 0 Å². The number of hydrogen-bond acceptors (Lipinski definition) is 4. The van der Waals surface area contributed by atoms with E-state index in [0.29, 0.717) is 11.6 Å². The Balaban J connectivity index is 1.80. The normalized spacial score (nSPS) is 24.9. The van der Waals surface area contributed by atoms with Crippen LogP contribution in [-0.4, -0.2) is 41.6 Å². The molecule has 1 saturated heterocycles. The van der Waals surface area contributed by atoms with Crippen LogP contribution < -0.4 is 5.32 Å². The summed E-state index contributed by atoms with van der Waals surface area (Å²) in [5, 5.41) is 7.00.